The van der Waals surface area contributed by atoms with Gasteiger partial charge in [0.2, 0.25) is 0 Å². The third-order valence-corrected chi connectivity index (χ3v) is 4.58. The van der Waals surface area contributed by atoms with Crippen molar-refractivity contribution in [3.05, 3.63) is 48.2 Å². The van der Waals surface area contributed by atoms with Crippen LogP contribution >= 0.6 is 0 Å². The summed E-state index contributed by atoms with van der Waals surface area (Å²) in [6.45, 7) is 3.60. The van der Waals surface area contributed by atoms with E-state index in [2.05, 4.69) is 4.98 Å². The Kier molecular flexibility index (Phi) is 3.48. The summed E-state index contributed by atoms with van der Waals surface area (Å²) in [7, 11) is -3.23. The lowest BCUT2D eigenvalue weighted by atomic mass is 10.1. The van der Waals surface area contributed by atoms with E-state index < -0.39 is 9.84 Å². The maximum absolute atomic E-state index is 12.0. The topological polar surface area (TPSA) is 47.0 Å². The van der Waals surface area contributed by atoms with Gasteiger partial charge >= 0.3 is 0 Å². The van der Waals surface area contributed by atoms with E-state index in [4.69, 9.17) is 0 Å². The molecule has 0 N–H and O–H groups in total. The molecule has 0 radical (unpaired) electrons. The first-order valence-electron chi connectivity index (χ1n) is 5.79. The third-order valence-electron chi connectivity index (χ3n) is 2.79. The molecule has 0 bridgehead atoms. The van der Waals surface area contributed by atoms with Crippen LogP contribution in [0.5, 0.6) is 0 Å². The zero-order valence-electron chi connectivity index (χ0n) is 10.4. The van der Waals surface area contributed by atoms with Gasteiger partial charge in [-0.05, 0) is 24.6 Å². The average molecular weight is 261 g/mol. The van der Waals surface area contributed by atoms with Crippen LogP contribution in [-0.2, 0) is 9.84 Å². The molecule has 0 aliphatic carbocycles. The fourth-order valence-corrected chi connectivity index (χ4v) is 2.84. The Hall–Kier alpha value is -1.68. The smallest absolute Gasteiger partial charge is 0.178 e. The van der Waals surface area contributed by atoms with E-state index in [-0.39, 0.29) is 5.75 Å². The van der Waals surface area contributed by atoms with Crippen molar-refractivity contribution in [1.29, 1.82) is 0 Å². The molecule has 1 heterocycles. The van der Waals surface area contributed by atoms with Crippen LogP contribution in [0.2, 0.25) is 0 Å². The lowest BCUT2D eigenvalue weighted by Gasteiger charge is -2.08. The highest BCUT2D eigenvalue weighted by atomic mass is 32.2. The predicted molar refractivity (Wildman–Crippen MR) is 72.1 cm³/mol. The van der Waals surface area contributed by atoms with E-state index in [0.29, 0.717) is 16.2 Å². The van der Waals surface area contributed by atoms with Crippen LogP contribution in [0, 0.1) is 6.92 Å². The largest absolute Gasteiger partial charge is 0.256 e. The Balaban J connectivity index is 2.62. The molecule has 0 saturated carbocycles. The van der Waals surface area contributed by atoms with Crippen molar-refractivity contribution in [3.8, 4) is 11.3 Å². The summed E-state index contributed by atoms with van der Waals surface area (Å²) >= 11 is 0. The van der Waals surface area contributed by atoms with Crippen LogP contribution in [-0.4, -0.2) is 19.2 Å². The molecule has 2 rings (SSSR count). The summed E-state index contributed by atoms with van der Waals surface area (Å²) in [5, 5.41) is 0. The van der Waals surface area contributed by atoms with Crippen molar-refractivity contribution < 1.29 is 8.42 Å². The van der Waals surface area contributed by atoms with E-state index in [0.717, 1.165) is 5.56 Å². The second kappa shape index (κ2) is 4.90. The summed E-state index contributed by atoms with van der Waals surface area (Å²) < 4.78 is 24.1. The maximum atomic E-state index is 12.0. The molecule has 2 aromatic rings. The van der Waals surface area contributed by atoms with Crippen LogP contribution in [0.15, 0.2) is 47.5 Å². The molecular weight excluding hydrogens is 246 g/mol. The first-order chi connectivity index (χ1) is 8.54. The van der Waals surface area contributed by atoms with Gasteiger partial charge < -0.3 is 0 Å². The van der Waals surface area contributed by atoms with Gasteiger partial charge in [0.15, 0.2) is 9.84 Å². The minimum absolute atomic E-state index is 0.0931. The number of nitrogens with zero attached hydrogens (tertiary/aromatic N) is 1. The standard InChI is InChI=1S/C14H15NO2S/c1-3-18(16,17)14-7-5-4-6-12(14)13-9-8-11(2)10-15-13/h4-10H,3H2,1-2H3. The Labute approximate surface area is 107 Å². The highest BCUT2D eigenvalue weighted by Crippen LogP contribution is 2.26. The quantitative estimate of drug-likeness (QED) is 0.853. The molecule has 0 aliphatic heterocycles. The van der Waals surface area contributed by atoms with Gasteiger partial charge in [-0.3, -0.25) is 4.98 Å². The number of hydrogen-bond acceptors (Lipinski definition) is 3. The molecule has 94 valence electrons. The van der Waals surface area contributed by atoms with Gasteiger partial charge in [-0.1, -0.05) is 31.2 Å². The van der Waals surface area contributed by atoms with Crippen LogP contribution in [0.1, 0.15) is 12.5 Å². The second-order valence-electron chi connectivity index (χ2n) is 4.12. The number of rotatable bonds is 3. The van der Waals surface area contributed by atoms with Gasteiger partial charge in [0.1, 0.15) is 0 Å². The normalized spacial score (nSPS) is 11.4. The monoisotopic (exact) mass is 261 g/mol. The van der Waals surface area contributed by atoms with Crippen molar-refractivity contribution in [2.24, 2.45) is 0 Å². The molecule has 0 fully saturated rings. The zero-order valence-corrected chi connectivity index (χ0v) is 11.2. The fourth-order valence-electron chi connectivity index (χ4n) is 1.73. The maximum Gasteiger partial charge on any atom is 0.178 e. The first-order valence-corrected chi connectivity index (χ1v) is 7.44. The number of aryl methyl sites for hydroxylation is 1. The minimum Gasteiger partial charge on any atom is -0.256 e. The average Bonchev–Trinajstić information content (AvgIpc) is 2.40. The van der Waals surface area contributed by atoms with Crippen LogP contribution in [0.25, 0.3) is 11.3 Å². The predicted octanol–water partition coefficient (Wildman–Crippen LogP) is 2.85. The lowest BCUT2D eigenvalue weighted by molar-refractivity contribution is 0.597. The van der Waals surface area contributed by atoms with Gasteiger partial charge in [-0.25, -0.2) is 8.42 Å². The van der Waals surface area contributed by atoms with Gasteiger partial charge in [-0.2, -0.15) is 0 Å². The molecule has 1 aromatic carbocycles. The summed E-state index contributed by atoms with van der Waals surface area (Å²) in [5.74, 6) is 0.0931. The van der Waals surface area contributed by atoms with Crippen LogP contribution in [0.3, 0.4) is 0 Å². The molecule has 1 aromatic heterocycles. The molecule has 0 spiro atoms. The van der Waals surface area contributed by atoms with E-state index in [1.807, 2.05) is 25.1 Å². The zero-order chi connectivity index (χ0) is 13.2. The number of sulfone groups is 1. The van der Waals surface area contributed by atoms with Crippen molar-refractivity contribution in [2.75, 3.05) is 5.75 Å². The van der Waals surface area contributed by atoms with Crippen LogP contribution in [0.4, 0.5) is 0 Å². The molecule has 0 amide bonds. The van der Waals surface area contributed by atoms with Crippen molar-refractivity contribution in [2.45, 2.75) is 18.7 Å². The van der Waals surface area contributed by atoms with Crippen molar-refractivity contribution in [3.63, 3.8) is 0 Å². The molecule has 0 saturated heterocycles. The Morgan fingerprint density at radius 1 is 1.11 bits per heavy atom. The summed E-state index contributed by atoms with van der Waals surface area (Å²) in [4.78, 5) is 4.64. The van der Waals surface area contributed by atoms with Gasteiger partial charge in [0, 0.05) is 11.8 Å². The minimum atomic E-state index is -3.23. The molecular formula is C14H15NO2S. The van der Waals surface area contributed by atoms with E-state index in [9.17, 15) is 8.42 Å². The van der Waals surface area contributed by atoms with Gasteiger partial charge in [0.25, 0.3) is 0 Å². The van der Waals surface area contributed by atoms with Gasteiger partial charge in [-0.15, -0.1) is 0 Å². The number of pyridine rings is 1. The first kappa shape index (κ1) is 12.8. The molecule has 0 unspecified atom stereocenters. The summed E-state index contributed by atoms with van der Waals surface area (Å²) in [5.41, 5.74) is 2.40. The van der Waals surface area contributed by atoms with Crippen molar-refractivity contribution >= 4 is 9.84 Å². The van der Waals surface area contributed by atoms with Crippen LogP contribution < -0.4 is 0 Å². The number of aromatic nitrogens is 1. The molecule has 0 aliphatic rings. The van der Waals surface area contributed by atoms with Gasteiger partial charge in [0.05, 0.1) is 16.3 Å². The second-order valence-corrected chi connectivity index (χ2v) is 6.37. The Bertz CT molecular complexity index is 646. The van der Waals surface area contributed by atoms with E-state index in [1.165, 1.54) is 0 Å². The van der Waals surface area contributed by atoms with Crippen molar-refractivity contribution in [1.82, 2.24) is 4.98 Å². The molecule has 0 atom stereocenters. The highest BCUT2D eigenvalue weighted by molar-refractivity contribution is 7.91. The number of benzene rings is 1. The SMILES string of the molecule is CCS(=O)(=O)c1ccccc1-c1ccc(C)cn1. The summed E-state index contributed by atoms with van der Waals surface area (Å²) in [6.07, 6.45) is 1.74. The molecule has 4 heteroatoms. The Morgan fingerprint density at radius 2 is 1.83 bits per heavy atom. The molecule has 18 heavy (non-hydrogen) atoms. The van der Waals surface area contributed by atoms with E-state index in [1.54, 1.807) is 31.3 Å². The Morgan fingerprint density at radius 3 is 2.44 bits per heavy atom. The third kappa shape index (κ3) is 2.43. The fraction of sp³-hybridized carbons (Fsp3) is 0.214. The lowest BCUT2D eigenvalue weighted by Crippen LogP contribution is -2.05. The molecule has 3 nitrogen and oxygen atoms in total. The summed E-state index contributed by atoms with van der Waals surface area (Å²) in [6, 6.07) is 10.8. The van der Waals surface area contributed by atoms with E-state index >= 15 is 0 Å². The highest BCUT2D eigenvalue weighted by Gasteiger charge is 2.17. The number of hydrogen-bond donors (Lipinski definition) is 0.